The summed E-state index contributed by atoms with van der Waals surface area (Å²) < 4.78 is 5.98. The largest absolute Gasteiger partial charge is 0.490 e. The number of carbonyl (C=O) groups is 1. The zero-order valence-corrected chi connectivity index (χ0v) is 15.7. The van der Waals surface area contributed by atoms with Crippen LogP contribution in [0.2, 0.25) is 0 Å². The molecule has 6 nitrogen and oxygen atoms in total. The molecule has 1 aromatic heterocycles. The molecule has 3 aromatic rings. The molecule has 142 valence electrons. The molecule has 0 unspecified atom stereocenters. The van der Waals surface area contributed by atoms with Crippen LogP contribution in [0.25, 0.3) is 22.2 Å². The highest BCUT2D eigenvalue weighted by molar-refractivity contribution is 6.12. The normalized spacial score (nSPS) is 13.8. The number of benzene rings is 2. The Labute approximate surface area is 163 Å². The molecular weight excluding hydrogens is 352 g/mol. The lowest BCUT2D eigenvalue weighted by Crippen LogP contribution is -2.35. The Morgan fingerprint density at radius 3 is 2.68 bits per heavy atom. The number of nitrogens with one attached hydrogen (secondary N) is 2. The summed E-state index contributed by atoms with van der Waals surface area (Å²) in [5, 5.41) is 10.5. The predicted molar refractivity (Wildman–Crippen MR) is 110 cm³/mol. The predicted octanol–water partition coefficient (Wildman–Crippen LogP) is 3.76. The Kier molecular flexibility index (Phi) is 4.69. The first-order valence-corrected chi connectivity index (χ1v) is 9.34. The molecule has 1 fully saturated rings. The van der Waals surface area contributed by atoms with Gasteiger partial charge in [0, 0.05) is 10.9 Å². The van der Waals surface area contributed by atoms with Crippen molar-refractivity contribution < 1.29 is 9.53 Å². The van der Waals surface area contributed by atoms with Crippen molar-refractivity contribution in [1.29, 1.82) is 5.41 Å². The standard InChI is InChI=1S/C22H22N4O2/c1-13-5-2-3-8-16(13)20-12-18(21(27)26-22(23)24)17-11-15(9-10-19(17)25-20)28-14-6-4-7-14/h2-3,5,8-12,14H,4,6-7H2,1H3,(H4,23,24,26,27). The molecule has 0 atom stereocenters. The van der Waals surface area contributed by atoms with Gasteiger partial charge in [0.2, 0.25) is 0 Å². The third-order valence-corrected chi connectivity index (χ3v) is 5.05. The summed E-state index contributed by atoms with van der Waals surface area (Å²) >= 11 is 0. The number of nitrogens with two attached hydrogens (primary N) is 1. The SMILES string of the molecule is Cc1ccccc1-c1cc(C(=O)NC(=N)N)c2cc(OC3CCC3)ccc2n1. The molecule has 0 spiro atoms. The van der Waals surface area contributed by atoms with Crippen molar-refractivity contribution in [2.75, 3.05) is 0 Å². The Bertz CT molecular complexity index is 1070. The fourth-order valence-electron chi connectivity index (χ4n) is 3.34. The molecule has 4 rings (SSSR count). The van der Waals surface area contributed by atoms with Gasteiger partial charge >= 0.3 is 0 Å². The minimum Gasteiger partial charge on any atom is -0.490 e. The second kappa shape index (κ2) is 7.31. The quantitative estimate of drug-likeness (QED) is 0.478. The van der Waals surface area contributed by atoms with E-state index in [1.54, 1.807) is 6.07 Å². The minimum absolute atomic E-state index is 0.242. The molecule has 1 aliphatic carbocycles. The van der Waals surface area contributed by atoms with Crippen LogP contribution in [0.1, 0.15) is 35.2 Å². The van der Waals surface area contributed by atoms with Crippen LogP contribution in [0.4, 0.5) is 0 Å². The highest BCUT2D eigenvalue weighted by Gasteiger charge is 2.20. The minimum atomic E-state index is -0.435. The van der Waals surface area contributed by atoms with E-state index in [0.717, 1.165) is 29.7 Å². The first kappa shape index (κ1) is 18.0. The number of nitrogens with zero attached hydrogens (tertiary/aromatic N) is 1. The van der Waals surface area contributed by atoms with Gasteiger partial charge in [-0.2, -0.15) is 0 Å². The summed E-state index contributed by atoms with van der Waals surface area (Å²) in [5.74, 6) is -0.107. The van der Waals surface area contributed by atoms with Crippen LogP contribution in [0.15, 0.2) is 48.5 Å². The highest BCUT2D eigenvalue weighted by atomic mass is 16.5. The van der Waals surface area contributed by atoms with E-state index < -0.39 is 11.9 Å². The summed E-state index contributed by atoms with van der Waals surface area (Å²) in [6.45, 7) is 2.01. The van der Waals surface area contributed by atoms with Gasteiger partial charge in [-0.3, -0.25) is 15.5 Å². The zero-order valence-electron chi connectivity index (χ0n) is 15.7. The van der Waals surface area contributed by atoms with Crippen molar-refractivity contribution in [2.45, 2.75) is 32.3 Å². The van der Waals surface area contributed by atoms with Crippen LogP contribution in [-0.2, 0) is 0 Å². The van der Waals surface area contributed by atoms with Gasteiger partial charge in [0.05, 0.1) is 22.9 Å². The number of amides is 1. The van der Waals surface area contributed by atoms with Crippen LogP contribution in [0, 0.1) is 12.3 Å². The lowest BCUT2D eigenvalue weighted by atomic mass is 9.96. The Morgan fingerprint density at radius 2 is 2.00 bits per heavy atom. The number of fused-ring (bicyclic) bond motifs is 1. The molecule has 28 heavy (non-hydrogen) atoms. The van der Waals surface area contributed by atoms with Crippen LogP contribution in [0.3, 0.4) is 0 Å². The Balaban J connectivity index is 1.85. The Morgan fingerprint density at radius 1 is 1.21 bits per heavy atom. The number of pyridine rings is 1. The highest BCUT2D eigenvalue weighted by Crippen LogP contribution is 2.31. The molecule has 2 aromatic carbocycles. The lowest BCUT2D eigenvalue weighted by molar-refractivity contribution is 0.0978. The number of rotatable bonds is 4. The third-order valence-electron chi connectivity index (χ3n) is 5.05. The van der Waals surface area contributed by atoms with Gasteiger partial charge in [-0.25, -0.2) is 4.98 Å². The van der Waals surface area contributed by atoms with Crippen molar-refractivity contribution in [3.05, 3.63) is 59.7 Å². The molecule has 0 saturated heterocycles. The monoisotopic (exact) mass is 374 g/mol. The van der Waals surface area contributed by atoms with Crippen molar-refractivity contribution >= 4 is 22.8 Å². The van der Waals surface area contributed by atoms with Crippen LogP contribution >= 0.6 is 0 Å². The van der Waals surface area contributed by atoms with E-state index in [0.29, 0.717) is 22.2 Å². The molecule has 6 heteroatoms. The van der Waals surface area contributed by atoms with Crippen molar-refractivity contribution in [3.8, 4) is 17.0 Å². The second-order valence-electron chi connectivity index (χ2n) is 7.09. The average Bonchev–Trinajstić information content (AvgIpc) is 2.63. The molecule has 1 saturated carbocycles. The van der Waals surface area contributed by atoms with E-state index in [1.807, 2.05) is 49.4 Å². The number of carbonyl (C=O) groups excluding carboxylic acids is 1. The number of aromatic nitrogens is 1. The Hall–Kier alpha value is -3.41. The van der Waals surface area contributed by atoms with Crippen molar-refractivity contribution in [1.82, 2.24) is 10.3 Å². The van der Waals surface area contributed by atoms with E-state index >= 15 is 0 Å². The molecule has 0 bridgehead atoms. The van der Waals surface area contributed by atoms with Crippen molar-refractivity contribution in [2.24, 2.45) is 5.73 Å². The maximum Gasteiger partial charge on any atom is 0.258 e. The second-order valence-corrected chi connectivity index (χ2v) is 7.09. The number of hydrogen-bond donors (Lipinski definition) is 3. The van der Waals surface area contributed by atoms with Crippen LogP contribution < -0.4 is 15.8 Å². The van der Waals surface area contributed by atoms with Gasteiger partial charge < -0.3 is 10.5 Å². The molecular formula is C22H22N4O2. The summed E-state index contributed by atoms with van der Waals surface area (Å²) in [6, 6.07) is 15.2. The van der Waals surface area contributed by atoms with Gasteiger partial charge in [0.1, 0.15) is 5.75 Å². The first-order valence-electron chi connectivity index (χ1n) is 9.34. The summed E-state index contributed by atoms with van der Waals surface area (Å²) in [6.07, 6.45) is 3.54. The lowest BCUT2D eigenvalue weighted by Gasteiger charge is -2.26. The van der Waals surface area contributed by atoms with Gasteiger partial charge in [0.15, 0.2) is 5.96 Å². The van der Waals surface area contributed by atoms with Gasteiger partial charge in [-0.15, -0.1) is 0 Å². The van der Waals surface area contributed by atoms with Gasteiger partial charge in [0.25, 0.3) is 5.91 Å². The summed E-state index contributed by atoms with van der Waals surface area (Å²) in [4.78, 5) is 17.5. The molecule has 0 radical (unpaired) electrons. The fraction of sp³-hybridized carbons (Fsp3) is 0.227. The first-order chi connectivity index (χ1) is 13.5. The topological polar surface area (TPSA) is 101 Å². The third kappa shape index (κ3) is 3.53. The van der Waals surface area contributed by atoms with Gasteiger partial charge in [-0.05, 0) is 56.0 Å². The van der Waals surface area contributed by atoms with E-state index in [4.69, 9.17) is 20.9 Å². The number of aryl methyl sites for hydroxylation is 1. The van der Waals surface area contributed by atoms with Crippen LogP contribution in [-0.4, -0.2) is 23.0 Å². The summed E-state index contributed by atoms with van der Waals surface area (Å²) in [7, 11) is 0. The van der Waals surface area contributed by atoms with E-state index in [2.05, 4.69) is 5.32 Å². The van der Waals surface area contributed by atoms with Crippen LogP contribution in [0.5, 0.6) is 5.75 Å². The number of guanidine groups is 1. The van der Waals surface area contributed by atoms with Gasteiger partial charge in [-0.1, -0.05) is 24.3 Å². The fourth-order valence-corrected chi connectivity index (χ4v) is 3.34. The van der Waals surface area contributed by atoms with E-state index in [-0.39, 0.29) is 6.10 Å². The zero-order chi connectivity index (χ0) is 19.7. The molecule has 1 aliphatic rings. The smallest absolute Gasteiger partial charge is 0.258 e. The van der Waals surface area contributed by atoms with E-state index in [9.17, 15) is 4.79 Å². The maximum absolute atomic E-state index is 12.7. The van der Waals surface area contributed by atoms with Crippen molar-refractivity contribution in [3.63, 3.8) is 0 Å². The molecule has 1 amide bonds. The molecule has 0 aliphatic heterocycles. The number of hydrogen-bond acceptors (Lipinski definition) is 4. The average molecular weight is 374 g/mol. The van der Waals surface area contributed by atoms with E-state index in [1.165, 1.54) is 6.42 Å². The molecule has 1 heterocycles. The number of ether oxygens (including phenoxy) is 1. The molecule has 4 N–H and O–H groups in total. The summed E-state index contributed by atoms with van der Waals surface area (Å²) in [5.41, 5.74) is 9.21. The maximum atomic E-state index is 12.7.